The lowest BCUT2D eigenvalue weighted by molar-refractivity contribution is 0.421. The minimum atomic E-state index is -3.38. The van der Waals surface area contributed by atoms with Crippen LogP contribution in [-0.4, -0.2) is 31.1 Å². The average molecular weight is 348 g/mol. The average Bonchev–Trinajstić information content (AvgIpc) is 2.33. The first-order valence-electron chi connectivity index (χ1n) is 6.56. The monoisotopic (exact) mass is 347 g/mol. The van der Waals surface area contributed by atoms with Crippen LogP contribution in [0, 0.1) is 13.8 Å². The first-order chi connectivity index (χ1) is 8.93. The predicted molar refractivity (Wildman–Crippen MR) is 83.4 cm³/mol. The Morgan fingerprint density at radius 1 is 1.21 bits per heavy atom. The van der Waals surface area contributed by atoms with Crippen LogP contribution >= 0.6 is 15.9 Å². The number of hydrogen-bond donors (Lipinski definition) is 0. The fourth-order valence-corrected chi connectivity index (χ4v) is 4.36. The van der Waals surface area contributed by atoms with Crippen LogP contribution in [0.1, 0.15) is 30.9 Å². The molecule has 0 unspecified atom stereocenters. The topological polar surface area (TPSA) is 37.4 Å². The summed E-state index contributed by atoms with van der Waals surface area (Å²) < 4.78 is 26.9. The van der Waals surface area contributed by atoms with E-state index in [0.29, 0.717) is 23.3 Å². The molecule has 0 radical (unpaired) electrons. The summed E-state index contributed by atoms with van der Waals surface area (Å²) in [7, 11) is -3.38. The smallest absolute Gasteiger partial charge is 0.207 e. The molecule has 0 aliphatic heterocycles. The van der Waals surface area contributed by atoms with Gasteiger partial charge in [0, 0.05) is 18.4 Å². The molecular formula is C14H22BrNO2S. The molecule has 0 aliphatic carbocycles. The molecule has 0 saturated carbocycles. The molecule has 0 aromatic heterocycles. The van der Waals surface area contributed by atoms with E-state index in [1.807, 2.05) is 26.0 Å². The Kier molecular flexibility index (Phi) is 6.50. The van der Waals surface area contributed by atoms with Crippen LogP contribution in [0.25, 0.3) is 0 Å². The van der Waals surface area contributed by atoms with Gasteiger partial charge in [0.15, 0.2) is 0 Å². The number of benzene rings is 1. The van der Waals surface area contributed by atoms with Gasteiger partial charge >= 0.3 is 0 Å². The quantitative estimate of drug-likeness (QED) is 0.708. The number of aryl methyl sites for hydroxylation is 2. The van der Waals surface area contributed by atoms with Crippen LogP contribution in [-0.2, 0) is 10.0 Å². The maximum atomic E-state index is 12.7. The van der Waals surface area contributed by atoms with E-state index < -0.39 is 10.0 Å². The molecule has 0 fully saturated rings. The largest absolute Gasteiger partial charge is 0.243 e. The Bertz CT molecular complexity index is 514. The van der Waals surface area contributed by atoms with E-state index >= 15 is 0 Å². The molecule has 1 aromatic rings. The van der Waals surface area contributed by atoms with Gasteiger partial charge in [-0.1, -0.05) is 47.0 Å². The van der Waals surface area contributed by atoms with Gasteiger partial charge < -0.3 is 0 Å². The van der Waals surface area contributed by atoms with E-state index in [9.17, 15) is 8.42 Å². The number of sulfonamides is 1. The van der Waals surface area contributed by atoms with Crippen LogP contribution in [0.2, 0.25) is 0 Å². The highest BCUT2D eigenvalue weighted by Gasteiger charge is 2.24. The third-order valence-electron chi connectivity index (χ3n) is 3.04. The van der Waals surface area contributed by atoms with Gasteiger partial charge in [0.05, 0.1) is 4.90 Å². The molecule has 0 saturated heterocycles. The van der Waals surface area contributed by atoms with Gasteiger partial charge in [-0.25, -0.2) is 8.42 Å². The Morgan fingerprint density at radius 2 is 1.89 bits per heavy atom. The third-order valence-corrected chi connectivity index (χ3v) is 5.46. The van der Waals surface area contributed by atoms with Gasteiger partial charge in [0.2, 0.25) is 10.0 Å². The zero-order valence-electron chi connectivity index (χ0n) is 11.8. The standard InChI is InChI=1S/C14H22BrNO2S/c1-4-5-9-16(10-8-15)19(17,18)14-7-6-12(2)11-13(14)3/h6-7,11H,4-5,8-10H2,1-3H3. The van der Waals surface area contributed by atoms with Crippen LogP contribution in [0.15, 0.2) is 23.1 Å². The first kappa shape index (κ1) is 16.7. The van der Waals surface area contributed by atoms with Crippen molar-refractivity contribution in [2.24, 2.45) is 0 Å². The van der Waals surface area contributed by atoms with E-state index in [4.69, 9.17) is 0 Å². The number of halogens is 1. The molecule has 0 aliphatic rings. The molecule has 0 amide bonds. The molecule has 108 valence electrons. The molecule has 5 heteroatoms. The molecule has 0 spiro atoms. The molecule has 1 rings (SSSR count). The summed E-state index contributed by atoms with van der Waals surface area (Å²) in [5, 5.41) is 0.654. The number of nitrogens with zero attached hydrogens (tertiary/aromatic N) is 1. The van der Waals surface area contributed by atoms with Crippen LogP contribution in [0.3, 0.4) is 0 Å². The summed E-state index contributed by atoms with van der Waals surface area (Å²) in [5.41, 5.74) is 1.90. The summed E-state index contributed by atoms with van der Waals surface area (Å²) in [6.45, 7) is 6.98. The Balaban J connectivity index is 3.11. The summed E-state index contributed by atoms with van der Waals surface area (Å²) in [5.74, 6) is 0. The summed E-state index contributed by atoms with van der Waals surface area (Å²) in [4.78, 5) is 0.426. The lowest BCUT2D eigenvalue weighted by Gasteiger charge is -2.22. The molecule has 3 nitrogen and oxygen atoms in total. The van der Waals surface area contributed by atoms with Crippen LogP contribution < -0.4 is 0 Å². The molecular weight excluding hydrogens is 326 g/mol. The van der Waals surface area contributed by atoms with Gasteiger partial charge in [-0.05, 0) is 31.9 Å². The van der Waals surface area contributed by atoms with Crippen molar-refractivity contribution >= 4 is 26.0 Å². The van der Waals surface area contributed by atoms with Gasteiger partial charge in [-0.15, -0.1) is 0 Å². The second-order valence-electron chi connectivity index (χ2n) is 4.72. The number of unbranched alkanes of at least 4 members (excludes halogenated alkanes) is 1. The summed E-state index contributed by atoms with van der Waals surface area (Å²) >= 11 is 3.33. The third kappa shape index (κ3) is 4.29. The van der Waals surface area contributed by atoms with Gasteiger partial charge in [-0.2, -0.15) is 4.31 Å². The van der Waals surface area contributed by atoms with E-state index in [0.717, 1.165) is 24.0 Å². The van der Waals surface area contributed by atoms with Gasteiger partial charge in [0.1, 0.15) is 0 Å². The van der Waals surface area contributed by atoms with Crippen LogP contribution in [0.4, 0.5) is 0 Å². The summed E-state index contributed by atoms with van der Waals surface area (Å²) in [6.07, 6.45) is 1.87. The normalized spacial score (nSPS) is 12.1. The molecule has 0 heterocycles. The number of hydrogen-bond acceptors (Lipinski definition) is 2. The minimum absolute atomic E-state index is 0.426. The maximum Gasteiger partial charge on any atom is 0.243 e. The van der Waals surface area contributed by atoms with E-state index in [1.54, 1.807) is 10.4 Å². The van der Waals surface area contributed by atoms with Gasteiger partial charge in [-0.3, -0.25) is 0 Å². The van der Waals surface area contributed by atoms with Crippen molar-refractivity contribution < 1.29 is 8.42 Å². The Labute approximate surface area is 125 Å². The Hall–Kier alpha value is -0.390. The van der Waals surface area contributed by atoms with Crippen molar-refractivity contribution in [2.75, 3.05) is 18.4 Å². The SMILES string of the molecule is CCCCN(CCBr)S(=O)(=O)c1ccc(C)cc1C. The highest BCUT2D eigenvalue weighted by Crippen LogP contribution is 2.21. The van der Waals surface area contributed by atoms with E-state index in [1.165, 1.54) is 0 Å². The molecule has 19 heavy (non-hydrogen) atoms. The lowest BCUT2D eigenvalue weighted by Crippen LogP contribution is -2.34. The summed E-state index contributed by atoms with van der Waals surface area (Å²) in [6, 6.07) is 5.48. The minimum Gasteiger partial charge on any atom is -0.207 e. The molecule has 0 atom stereocenters. The van der Waals surface area contributed by atoms with E-state index in [2.05, 4.69) is 22.9 Å². The van der Waals surface area contributed by atoms with Crippen molar-refractivity contribution in [3.05, 3.63) is 29.3 Å². The first-order valence-corrected chi connectivity index (χ1v) is 9.13. The number of rotatable bonds is 7. The zero-order chi connectivity index (χ0) is 14.5. The van der Waals surface area contributed by atoms with Crippen molar-refractivity contribution in [1.82, 2.24) is 4.31 Å². The van der Waals surface area contributed by atoms with Crippen molar-refractivity contribution in [3.8, 4) is 0 Å². The number of alkyl halides is 1. The predicted octanol–water partition coefficient (Wildman–Crippen LogP) is 3.49. The second-order valence-corrected chi connectivity index (χ2v) is 7.41. The lowest BCUT2D eigenvalue weighted by atomic mass is 10.2. The van der Waals surface area contributed by atoms with E-state index in [-0.39, 0.29) is 0 Å². The Morgan fingerprint density at radius 3 is 2.42 bits per heavy atom. The van der Waals surface area contributed by atoms with Crippen molar-refractivity contribution in [3.63, 3.8) is 0 Å². The zero-order valence-corrected chi connectivity index (χ0v) is 14.2. The molecule has 0 bridgehead atoms. The fraction of sp³-hybridized carbons (Fsp3) is 0.571. The highest BCUT2D eigenvalue weighted by atomic mass is 79.9. The highest BCUT2D eigenvalue weighted by molar-refractivity contribution is 9.09. The van der Waals surface area contributed by atoms with Crippen LogP contribution in [0.5, 0.6) is 0 Å². The molecule has 1 aromatic carbocycles. The van der Waals surface area contributed by atoms with Gasteiger partial charge in [0.25, 0.3) is 0 Å². The second kappa shape index (κ2) is 7.41. The fourth-order valence-electron chi connectivity index (χ4n) is 2.01. The van der Waals surface area contributed by atoms with Crippen molar-refractivity contribution in [1.29, 1.82) is 0 Å². The maximum absolute atomic E-state index is 12.7. The van der Waals surface area contributed by atoms with Crippen molar-refractivity contribution in [2.45, 2.75) is 38.5 Å². The molecule has 0 N–H and O–H groups in total.